The molecular formula is C25H30N2O2. The van der Waals surface area contributed by atoms with Crippen molar-refractivity contribution in [1.29, 1.82) is 0 Å². The van der Waals surface area contributed by atoms with Crippen LogP contribution in [0.1, 0.15) is 34.8 Å². The van der Waals surface area contributed by atoms with Gasteiger partial charge < -0.3 is 20.9 Å². The number of aliphatic hydroxyl groups excluding tert-OH is 1. The second-order valence-corrected chi connectivity index (χ2v) is 7.40. The number of hydrogen-bond donors (Lipinski definition) is 3. The van der Waals surface area contributed by atoms with E-state index in [9.17, 15) is 5.11 Å². The number of aliphatic hydroxyl groups is 1. The maximum atomic E-state index is 10.8. The molecule has 0 heterocycles. The summed E-state index contributed by atoms with van der Waals surface area (Å²) >= 11 is 0. The molecule has 152 valence electrons. The van der Waals surface area contributed by atoms with E-state index in [4.69, 9.17) is 10.5 Å². The first-order valence-electron chi connectivity index (χ1n) is 10.1. The lowest BCUT2D eigenvalue weighted by atomic mass is 9.99. The van der Waals surface area contributed by atoms with Crippen molar-refractivity contribution in [2.45, 2.75) is 39.0 Å². The van der Waals surface area contributed by atoms with Crippen LogP contribution in [-0.2, 0) is 6.61 Å². The van der Waals surface area contributed by atoms with Crippen molar-refractivity contribution < 1.29 is 9.84 Å². The van der Waals surface area contributed by atoms with Crippen LogP contribution in [0.15, 0.2) is 72.8 Å². The molecule has 0 spiro atoms. The van der Waals surface area contributed by atoms with Crippen LogP contribution in [-0.4, -0.2) is 17.7 Å². The lowest BCUT2D eigenvalue weighted by Gasteiger charge is -2.22. The highest BCUT2D eigenvalue weighted by Gasteiger charge is 2.20. The van der Waals surface area contributed by atoms with Crippen LogP contribution in [0.2, 0.25) is 0 Å². The quantitative estimate of drug-likeness (QED) is 0.493. The van der Waals surface area contributed by atoms with E-state index < -0.39 is 12.1 Å². The number of para-hydroxylation sites is 2. The Morgan fingerprint density at radius 1 is 0.897 bits per heavy atom. The van der Waals surface area contributed by atoms with Gasteiger partial charge in [0.05, 0.1) is 6.10 Å². The zero-order valence-corrected chi connectivity index (χ0v) is 17.1. The van der Waals surface area contributed by atoms with Gasteiger partial charge in [-0.2, -0.15) is 0 Å². The Hall–Kier alpha value is -2.82. The summed E-state index contributed by atoms with van der Waals surface area (Å²) in [6.07, 6.45) is -0.149. The van der Waals surface area contributed by atoms with Gasteiger partial charge in [-0.3, -0.25) is 0 Å². The Morgan fingerprint density at radius 2 is 1.55 bits per heavy atom. The Balaban J connectivity index is 1.60. The van der Waals surface area contributed by atoms with Gasteiger partial charge >= 0.3 is 0 Å². The van der Waals surface area contributed by atoms with Gasteiger partial charge in [0.15, 0.2) is 0 Å². The molecule has 4 nitrogen and oxygen atoms in total. The van der Waals surface area contributed by atoms with E-state index in [1.807, 2.05) is 54.6 Å². The van der Waals surface area contributed by atoms with Gasteiger partial charge in [0.2, 0.25) is 0 Å². The van der Waals surface area contributed by atoms with E-state index in [0.717, 1.165) is 16.8 Å². The van der Waals surface area contributed by atoms with Gasteiger partial charge in [-0.05, 0) is 43.0 Å². The molecule has 0 aliphatic rings. The van der Waals surface area contributed by atoms with Crippen molar-refractivity contribution >= 4 is 5.69 Å². The lowest BCUT2D eigenvalue weighted by molar-refractivity contribution is 0.138. The highest BCUT2D eigenvalue weighted by molar-refractivity contribution is 5.56. The number of anilines is 1. The number of ether oxygens (including phenoxy) is 1. The van der Waals surface area contributed by atoms with Crippen molar-refractivity contribution in [3.05, 3.63) is 95.1 Å². The molecule has 0 bridgehead atoms. The maximum Gasteiger partial charge on any atom is 0.125 e. The molecule has 0 amide bonds. The Bertz CT molecular complexity index is 891. The zero-order valence-electron chi connectivity index (χ0n) is 17.1. The predicted octanol–water partition coefficient (Wildman–Crippen LogP) is 4.75. The van der Waals surface area contributed by atoms with Crippen molar-refractivity contribution in [2.75, 3.05) is 11.9 Å². The van der Waals surface area contributed by atoms with E-state index in [-0.39, 0.29) is 0 Å². The molecule has 3 aromatic carbocycles. The van der Waals surface area contributed by atoms with Gasteiger partial charge in [0.1, 0.15) is 12.4 Å². The largest absolute Gasteiger partial charge is 0.489 e. The molecule has 4 N–H and O–H groups in total. The van der Waals surface area contributed by atoms with Gasteiger partial charge in [-0.1, -0.05) is 66.7 Å². The Morgan fingerprint density at radius 3 is 2.28 bits per heavy atom. The summed E-state index contributed by atoms with van der Waals surface area (Å²) < 4.78 is 5.97. The summed E-state index contributed by atoms with van der Waals surface area (Å²) in [6, 6.07) is 23.4. The fraction of sp³-hybridized carbons (Fsp3) is 0.280. The SMILES string of the molecule is Cc1cccc(C)c1NCCC(N)C(O)c1ccccc1OCc1ccccc1. The van der Waals surface area contributed by atoms with Gasteiger partial charge in [0.25, 0.3) is 0 Å². The molecule has 2 atom stereocenters. The fourth-order valence-corrected chi connectivity index (χ4v) is 3.44. The standard InChI is InChI=1S/C25H30N2O2/c1-18-9-8-10-19(2)24(18)27-16-15-22(26)25(28)21-13-6-7-14-23(21)29-17-20-11-4-3-5-12-20/h3-14,22,25,27-28H,15-17,26H2,1-2H3. The molecule has 0 saturated heterocycles. The molecule has 0 aliphatic heterocycles. The van der Waals surface area contributed by atoms with Crippen LogP contribution >= 0.6 is 0 Å². The molecule has 2 unspecified atom stereocenters. The zero-order chi connectivity index (χ0) is 20.6. The van der Waals surface area contributed by atoms with E-state index in [1.54, 1.807) is 0 Å². The summed E-state index contributed by atoms with van der Waals surface area (Å²) in [5, 5.41) is 14.3. The molecule has 0 aromatic heterocycles. The third-order valence-corrected chi connectivity index (χ3v) is 5.14. The molecule has 3 aromatic rings. The average molecular weight is 391 g/mol. The number of benzene rings is 3. The van der Waals surface area contributed by atoms with E-state index in [0.29, 0.717) is 25.3 Å². The van der Waals surface area contributed by atoms with E-state index >= 15 is 0 Å². The molecule has 0 radical (unpaired) electrons. The molecule has 0 aliphatic carbocycles. The van der Waals surface area contributed by atoms with Crippen molar-refractivity contribution in [2.24, 2.45) is 5.73 Å². The summed E-state index contributed by atoms with van der Waals surface area (Å²) in [7, 11) is 0. The second kappa shape index (κ2) is 10.1. The number of rotatable bonds is 9. The predicted molar refractivity (Wildman–Crippen MR) is 119 cm³/mol. The lowest BCUT2D eigenvalue weighted by Crippen LogP contribution is -2.31. The van der Waals surface area contributed by atoms with Gasteiger partial charge in [0, 0.05) is 23.8 Å². The van der Waals surface area contributed by atoms with Crippen molar-refractivity contribution in [3.8, 4) is 5.75 Å². The summed E-state index contributed by atoms with van der Waals surface area (Å²) in [5.74, 6) is 0.669. The average Bonchev–Trinajstić information content (AvgIpc) is 2.74. The normalized spacial score (nSPS) is 13.0. The first-order valence-corrected chi connectivity index (χ1v) is 10.1. The number of aryl methyl sites for hydroxylation is 2. The molecule has 29 heavy (non-hydrogen) atoms. The molecule has 4 heteroatoms. The van der Waals surface area contributed by atoms with Crippen molar-refractivity contribution in [1.82, 2.24) is 0 Å². The number of nitrogens with one attached hydrogen (secondary N) is 1. The van der Waals surface area contributed by atoms with Crippen LogP contribution in [0.5, 0.6) is 5.75 Å². The molecule has 0 saturated carbocycles. The first-order chi connectivity index (χ1) is 14.1. The monoisotopic (exact) mass is 390 g/mol. The minimum Gasteiger partial charge on any atom is -0.489 e. The van der Waals surface area contributed by atoms with Crippen LogP contribution in [0, 0.1) is 13.8 Å². The van der Waals surface area contributed by atoms with Gasteiger partial charge in [-0.25, -0.2) is 0 Å². The minimum atomic E-state index is -0.790. The van der Waals surface area contributed by atoms with Crippen LogP contribution < -0.4 is 15.8 Å². The third-order valence-electron chi connectivity index (χ3n) is 5.14. The highest BCUT2D eigenvalue weighted by atomic mass is 16.5. The van der Waals surface area contributed by atoms with Crippen LogP contribution in [0.3, 0.4) is 0 Å². The van der Waals surface area contributed by atoms with Gasteiger partial charge in [-0.15, -0.1) is 0 Å². The van der Waals surface area contributed by atoms with Crippen LogP contribution in [0.4, 0.5) is 5.69 Å². The Labute approximate surface area is 173 Å². The fourth-order valence-electron chi connectivity index (χ4n) is 3.44. The molecule has 0 fully saturated rings. The summed E-state index contributed by atoms with van der Waals surface area (Å²) in [6.45, 7) is 5.32. The highest BCUT2D eigenvalue weighted by Crippen LogP contribution is 2.28. The van der Waals surface area contributed by atoms with Crippen LogP contribution in [0.25, 0.3) is 0 Å². The number of hydrogen-bond acceptors (Lipinski definition) is 4. The third kappa shape index (κ3) is 5.59. The maximum absolute atomic E-state index is 10.8. The van der Waals surface area contributed by atoms with Crippen molar-refractivity contribution in [3.63, 3.8) is 0 Å². The van der Waals surface area contributed by atoms with E-state index in [2.05, 4.69) is 37.4 Å². The second-order valence-electron chi connectivity index (χ2n) is 7.40. The summed E-state index contributed by atoms with van der Waals surface area (Å²) in [4.78, 5) is 0. The summed E-state index contributed by atoms with van der Waals surface area (Å²) in [5.41, 5.74) is 11.7. The molecule has 3 rings (SSSR count). The van der Waals surface area contributed by atoms with E-state index in [1.165, 1.54) is 11.1 Å². The minimum absolute atomic E-state index is 0.395. The Kier molecular flexibility index (Phi) is 7.28. The molecular weight excluding hydrogens is 360 g/mol. The number of nitrogens with two attached hydrogens (primary N) is 1. The topological polar surface area (TPSA) is 67.5 Å². The smallest absolute Gasteiger partial charge is 0.125 e. The first kappa shape index (κ1) is 20.9.